The fourth-order valence-electron chi connectivity index (χ4n) is 4.75. The maximum atomic E-state index is 13.9. The molecule has 0 saturated carbocycles. The summed E-state index contributed by atoms with van der Waals surface area (Å²) in [5.74, 6) is 0.0319. The van der Waals surface area contributed by atoms with Crippen molar-refractivity contribution in [1.29, 1.82) is 0 Å². The maximum absolute atomic E-state index is 13.9. The van der Waals surface area contributed by atoms with Gasteiger partial charge in [-0.3, -0.25) is 19.9 Å². The number of fused-ring (bicyclic) bond motifs is 2. The molecule has 7 aromatic rings. The Morgan fingerprint density at radius 1 is 0.775 bits per heavy atom. The van der Waals surface area contributed by atoms with Crippen molar-refractivity contribution in [3.8, 4) is 33.8 Å². The molecule has 8 nitrogen and oxygen atoms in total. The zero-order chi connectivity index (χ0) is 27.1. The quantitative estimate of drug-likeness (QED) is 0.234. The van der Waals surface area contributed by atoms with Crippen LogP contribution in [0, 0.1) is 5.82 Å². The first kappa shape index (κ1) is 23.4. The Balaban J connectivity index is 1.25. The van der Waals surface area contributed by atoms with Crippen LogP contribution in [0.25, 0.3) is 55.7 Å². The zero-order valence-corrected chi connectivity index (χ0v) is 20.9. The predicted octanol–water partition coefficient (Wildman–Crippen LogP) is 6.62. The SMILES string of the molecule is O=C(Nc1cncc(-c2ccc3[nH]nc(-c4nc5c(-c6cccc(F)c6)cncc5[nH]4)c3c2)c1)c1ccccc1. The van der Waals surface area contributed by atoms with Crippen LogP contribution in [0.3, 0.4) is 0 Å². The largest absolute Gasteiger partial charge is 0.335 e. The van der Waals surface area contributed by atoms with Crippen LogP contribution in [0.1, 0.15) is 10.4 Å². The Morgan fingerprint density at radius 2 is 1.65 bits per heavy atom. The molecule has 0 spiro atoms. The predicted molar refractivity (Wildman–Crippen MR) is 152 cm³/mol. The summed E-state index contributed by atoms with van der Waals surface area (Å²) >= 11 is 0. The number of H-pyrrole nitrogens is 2. The van der Waals surface area contributed by atoms with Crippen LogP contribution in [-0.4, -0.2) is 36.0 Å². The van der Waals surface area contributed by atoms with E-state index in [2.05, 4.69) is 30.5 Å². The third-order valence-corrected chi connectivity index (χ3v) is 6.68. The van der Waals surface area contributed by atoms with Gasteiger partial charge in [-0.2, -0.15) is 5.10 Å². The van der Waals surface area contributed by atoms with Gasteiger partial charge in [0.2, 0.25) is 0 Å². The first-order valence-corrected chi connectivity index (χ1v) is 12.5. The summed E-state index contributed by atoms with van der Waals surface area (Å²) in [7, 11) is 0. The van der Waals surface area contributed by atoms with Gasteiger partial charge in [0, 0.05) is 34.5 Å². The Bertz CT molecular complexity index is 2030. The fourth-order valence-corrected chi connectivity index (χ4v) is 4.75. The number of aromatic amines is 2. The van der Waals surface area contributed by atoms with Crippen molar-refractivity contribution < 1.29 is 9.18 Å². The highest BCUT2D eigenvalue weighted by molar-refractivity contribution is 6.04. The Kier molecular flexibility index (Phi) is 5.59. The van der Waals surface area contributed by atoms with Gasteiger partial charge < -0.3 is 10.3 Å². The summed E-state index contributed by atoms with van der Waals surface area (Å²) in [5, 5.41) is 11.4. The van der Waals surface area contributed by atoms with E-state index in [0.29, 0.717) is 33.8 Å². The van der Waals surface area contributed by atoms with E-state index in [-0.39, 0.29) is 11.7 Å². The van der Waals surface area contributed by atoms with Crippen molar-refractivity contribution in [3.05, 3.63) is 115 Å². The third-order valence-electron chi connectivity index (χ3n) is 6.68. The van der Waals surface area contributed by atoms with Crippen molar-refractivity contribution in [2.24, 2.45) is 0 Å². The van der Waals surface area contributed by atoms with Gasteiger partial charge in [0.05, 0.1) is 34.6 Å². The van der Waals surface area contributed by atoms with Gasteiger partial charge in [0.15, 0.2) is 5.82 Å². The number of benzene rings is 3. The molecule has 192 valence electrons. The molecule has 0 atom stereocenters. The van der Waals surface area contributed by atoms with Crippen molar-refractivity contribution >= 4 is 33.5 Å². The summed E-state index contributed by atoms with van der Waals surface area (Å²) in [5.41, 5.74) is 7.18. The number of carbonyl (C=O) groups excluding carboxylic acids is 1. The normalized spacial score (nSPS) is 11.2. The highest BCUT2D eigenvalue weighted by Crippen LogP contribution is 2.33. The van der Waals surface area contributed by atoms with E-state index in [0.717, 1.165) is 33.1 Å². The highest BCUT2D eigenvalue weighted by atomic mass is 19.1. The molecule has 4 aromatic heterocycles. The lowest BCUT2D eigenvalue weighted by atomic mass is 10.0. The number of hydrogen-bond donors (Lipinski definition) is 3. The molecule has 1 amide bonds. The van der Waals surface area contributed by atoms with Gasteiger partial charge >= 0.3 is 0 Å². The van der Waals surface area contributed by atoms with Crippen LogP contribution < -0.4 is 5.32 Å². The van der Waals surface area contributed by atoms with Gasteiger partial charge in [0.1, 0.15) is 11.5 Å². The van der Waals surface area contributed by atoms with Crippen LogP contribution in [0.4, 0.5) is 10.1 Å². The number of nitrogens with zero attached hydrogens (tertiary/aromatic N) is 4. The molecule has 0 saturated heterocycles. The molecule has 4 heterocycles. The van der Waals surface area contributed by atoms with E-state index < -0.39 is 0 Å². The average Bonchev–Trinajstić information content (AvgIpc) is 3.61. The maximum Gasteiger partial charge on any atom is 0.255 e. The second-order valence-corrected chi connectivity index (χ2v) is 9.29. The first-order valence-electron chi connectivity index (χ1n) is 12.5. The summed E-state index contributed by atoms with van der Waals surface area (Å²) in [6, 6.07) is 23.2. The summed E-state index contributed by atoms with van der Waals surface area (Å²) in [6.45, 7) is 0. The molecule has 0 aliphatic carbocycles. The van der Waals surface area contributed by atoms with E-state index in [1.807, 2.05) is 48.5 Å². The molecule has 0 aliphatic rings. The number of anilines is 1. The number of imidazole rings is 1. The summed E-state index contributed by atoms with van der Waals surface area (Å²) in [6.07, 6.45) is 6.73. The Labute approximate surface area is 227 Å². The standard InChI is InChI=1S/C31H20FN7O/c32-22-8-4-7-20(11-22)25-16-34-17-27-28(25)37-30(36-27)29-24-13-19(9-10-26(24)38-39-29)21-12-23(15-33-14-21)35-31(40)18-5-2-1-3-6-18/h1-17H,(H,35,40)(H,36,37)(H,38,39). The van der Waals surface area contributed by atoms with Crippen molar-refractivity contribution in [3.63, 3.8) is 0 Å². The van der Waals surface area contributed by atoms with E-state index in [4.69, 9.17) is 4.98 Å². The molecular weight excluding hydrogens is 505 g/mol. The number of rotatable bonds is 5. The van der Waals surface area contributed by atoms with E-state index in [1.54, 1.807) is 43.0 Å². The van der Waals surface area contributed by atoms with Crippen LogP contribution in [0.15, 0.2) is 104 Å². The Morgan fingerprint density at radius 3 is 2.52 bits per heavy atom. The van der Waals surface area contributed by atoms with Crippen molar-refractivity contribution in [2.45, 2.75) is 0 Å². The number of hydrogen-bond acceptors (Lipinski definition) is 5. The number of pyridine rings is 2. The molecule has 40 heavy (non-hydrogen) atoms. The molecule has 3 aromatic carbocycles. The fraction of sp³-hybridized carbons (Fsp3) is 0. The molecule has 3 N–H and O–H groups in total. The summed E-state index contributed by atoms with van der Waals surface area (Å²) in [4.78, 5) is 29.4. The highest BCUT2D eigenvalue weighted by Gasteiger charge is 2.17. The van der Waals surface area contributed by atoms with E-state index in [1.165, 1.54) is 12.1 Å². The summed E-state index contributed by atoms with van der Waals surface area (Å²) < 4.78 is 13.9. The van der Waals surface area contributed by atoms with Crippen LogP contribution >= 0.6 is 0 Å². The minimum atomic E-state index is -0.325. The molecule has 0 unspecified atom stereocenters. The van der Waals surface area contributed by atoms with Crippen molar-refractivity contribution in [2.75, 3.05) is 5.32 Å². The van der Waals surface area contributed by atoms with Gasteiger partial charge in [-0.15, -0.1) is 0 Å². The molecule has 7 rings (SSSR count). The topological polar surface area (TPSA) is 112 Å². The zero-order valence-electron chi connectivity index (χ0n) is 20.9. The van der Waals surface area contributed by atoms with Gasteiger partial charge in [-0.05, 0) is 53.6 Å². The van der Waals surface area contributed by atoms with Gasteiger partial charge in [-0.1, -0.05) is 36.4 Å². The second-order valence-electron chi connectivity index (χ2n) is 9.29. The van der Waals surface area contributed by atoms with Crippen LogP contribution in [-0.2, 0) is 0 Å². The lowest BCUT2D eigenvalue weighted by molar-refractivity contribution is 0.102. The number of carbonyl (C=O) groups is 1. The third kappa shape index (κ3) is 4.25. The first-order chi connectivity index (χ1) is 19.6. The molecule has 0 radical (unpaired) electrons. The molecular formula is C31H20FN7O. The molecule has 9 heteroatoms. The lowest BCUT2D eigenvalue weighted by Gasteiger charge is -2.08. The minimum Gasteiger partial charge on any atom is -0.335 e. The van der Waals surface area contributed by atoms with Crippen molar-refractivity contribution in [1.82, 2.24) is 30.1 Å². The second kappa shape index (κ2) is 9.55. The number of halogens is 1. The molecule has 0 fully saturated rings. The molecule has 0 aliphatic heterocycles. The monoisotopic (exact) mass is 525 g/mol. The van der Waals surface area contributed by atoms with Gasteiger partial charge in [-0.25, -0.2) is 9.37 Å². The lowest BCUT2D eigenvalue weighted by Crippen LogP contribution is -2.11. The minimum absolute atomic E-state index is 0.205. The average molecular weight is 526 g/mol. The number of nitrogens with one attached hydrogen (secondary N) is 3. The smallest absolute Gasteiger partial charge is 0.255 e. The number of amides is 1. The molecule has 0 bridgehead atoms. The van der Waals surface area contributed by atoms with E-state index in [9.17, 15) is 9.18 Å². The Hall–Kier alpha value is -5.70. The van der Waals surface area contributed by atoms with Crippen LogP contribution in [0.5, 0.6) is 0 Å². The van der Waals surface area contributed by atoms with Crippen LogP contribution in [0.2, 0.25) is 0 Å². The van der Waals surface area contributed by atoms with E-state index >= 15 is 0 Å². The number of aromatic nitrogens is 6. The van der Waals surface area contributed by atoms with Gasteiger partial charge in [0.25, 0.3) is 5.91 Å².